The molecule has 180 valence electrons. The molecule has 1 saturated heterocycles. The van der Waals surface area contributed by atoms with E-state index in [0.717, 1.165) is 12.8 Å². The molecule has 3 heterocycles. The van der Waals surface area contributed by atoms with E-state index in [1.165, 1.54) is 0 Å². The van der Waals surface area contributed by atoms with Gasteiger partial charge >= 0.3 is 6.09 Å². The van der Waals surface area contributed by atoms with Crippen molar-refractivity contribution >= 4 is 11.9 Å². The molecular weight excluding hydrogens is 444 g/mol. The van der Waals surface area contributed by atoms with Crippen LogP contribution in [0.2, 0.25) is 0 Å². The predicted octanol–water partition coefficient (Wildman–Crippen LogP) is 4.76. The zero-order valence-electron chi connectivity index (χ0n) is 20.1. The topological polar surface area (TPSA) is 119 Å². The van der Waals surface area contributed by atoms with Gasteiger partial charge in [0.15, 0.2) is 0 Å². The van der Waals surface area contributed by atoms with E-state index in [1.54, 1.807) is 21.8 Å². The summed E-state index contributed by atoms with van der Waals surface area (Å²) in [6.45, 7) is 6.94. The Morgan fingerprint density at radius 3 is 2.49 bits per heavy atom. The second kappa shape index (κ2) is 8.31. The van der Waals surface area contributed by atoms with Crippen LogP contribution >= 0.6 is 0 Å². The van der Waals surface area contributed by atoms with E-state index in [4.69, 9.17) is 20.3 Å². The van der Waals surface area contributed by atoms with Crippen molar-refractivity contribution in [3.05, 3.63) is 54.2 Å². The van der Waals surface area contributed by atoms with Gasteiger partial charge in [0.05, 0.1) is 6.04 Å². The summed E-state index contributed by atoms with van der Waals surface area (Å²) in [4.78, 5) is 18.4. The number of nitrogens with zero attached hydrogens (tertiary/aromatic N) is 5. The lowest BCUT2D eigenvalue weighted by Gasteiger charge is -2.58. The van der Waals surface area contributed by atoms with Gasteiger partial charge in [0.2, 0.25) is 5.88 Å². The van der Waals surface area contributed by atoms with E-state index in [1.807, 2.05) is 57.2 Å². The molecule has 2 N–H and O–H groups in total. The number of para-hydroxylation sites is 1. The first kappa shape index (κ1) is 22.7. The number of carbonyl (C=O) groups excluding carboxylic acids is 1. The number of hydrogen-bond acceptors (Lipinski definition) is 7. The first-order valence-electron chi connectivity index (χ1n) is 11.6. The number of ether oxygens (including phenoxy) is 2. The maximum absolute atomic E-state index is 12.3. The summed E-state index contributed by atoms with van der Waals surface area (Å²) in [5.41, 5.74) is 7.45. The van der Waals surface area contributed by atoms with E-state index >= 15 is 0 Å². The van der Waals surface area contributed by atoms with Crippen molar-refractivity contribution in [3.63, 3.8) is 0 Å². The molecule has 0 atom stereocenters. The average Bonchev–Trinajstić information content (AvgIpc) is 3.08. The summed E-state index contributed by atoms with van der Waals surface area (Å²) < 4.78 is 13.0. The fourth-order valence-electron chi connectivity index (χ4n) is 4.82. The van der Waals surface area contributed by atoms with Crippen molar-refractivity contribution in [2.75, 3.05) is 18.8 Å². The fourth-order valence-corrected chi connectivity index (χ4v) is 4.82. The maximum atomic E-state index is 12.3. The molecule has 1 aliphatic heterocycles. The largest absolute Gasteiger partial charge is 0.444 e. The Hall–Kier alpha value is -4.06. The number of nitrogens with two attached hydrogens (primary N) is 1. The summed E-state index contributed by atoms with van der Waals surface area (Å²) in [6, 6.07) is 15.3. The van der Waals surface area contributed by atoms with E-state index in [0.29, 0.717) is 47.4 Å². The van der Waals surface area contributed by atoms with Gasteiger partial charge in [-0.25, -0.2) is 14.5 Å². The van der Waals surface area contributed by atoms with E-state index in [9.17, 15) is 10.1 Å². The Morgan fingerprint density at radius 2 is 1.89 bits per heavy atom. The van der Waals surface area contributed by atoms with Crippen molar-refractivity contribution in [2.45, 2.75) is 45.3 Å². The van der Waals surface area contributed by atoms with Gasteiger partial charge in [-0.1, -0.05) is 18.2 Å². The SMILES string of the molecule is CC(C)(C)OC(=O)N1CC2(CC(n3nc(-c4ccc(Oc5ccccc5)nc4)c(C#N)c3N)C2)C1. The molecule has 2 aliphatic rings. The molecule has 1 spiro atoms. The minimum Gasteiger partial charge on any atom is -0.444 e. The van der Waals surface area contributed by atoms with Gasteiger partial charge in [-0.15, -0.1) is 0 Å². The monoisotopic (exact) mass is 472 g/mol. The number of nitriles is 1. The fraction of sp³-hybridized carbons (Fsp3) is 0.385. The number of nitrogen functional groups attached to an aromatic ring is 1. The van der Waals surface area contributed by atoms with Crippen molar-refractivity contribution in [3.8, 4) is 29.0 Å². The van der Waals surface area contributed by atoms with E-state index in [2.05, 4.69) is 11.1 Å². The number of pyridine rings is 1. The lowest BCUT2D eigenvalue weighted by molar-refractivity contribution is -0.0923. The van der Waals surface area contributed by atoms with Crippen LogP contribution in [-0.2, 0) is 4.74 Å². The summed E-state index contributed by atoms with van der Waals surface area (Å²) in [5.74, 6) is 1.50. The first-order valence-corrected chi connectivity index (χ1v) is 11.6. The third-order valence-electron chi connectivity index (χ3n) is 6.42. The Labute approximate surface area is 204 Å². The molecule has 3 aromatic rings. The van der Waals surface area contributed by atoms with Crippen LogP contribution in [0.25, 0.3) is 11.3 Å². The lowest BCUT2D eigenvalue weighted by atomic mass is 9.61. The minimum atomic E-state index is -0.504. The van der Waals surface area contributed by atoms with Crippen LogP contribution in [0.1, 0.15) is 45.2 Å². The third kappa shape index (κ3) is 4.39. The molecule has 9 heteroatoms. The molecule has 35 heavy (non-hydrogen) atoms. The minimum absolute atomic E-state index is 0.0743. The standard InChI is InChI=1S/C26H28N6O3/c1-25(2,3)35-24(33)31-15-26(16-31)11-18(12-26)32-23(28)20(13-27)22(30-32)17-9-10-21(29-14-17)34-19-7-5-4-6-8-19/h4-10,14,18H,11-12,15-16,28H2,1-3H3. The van der Waals surface area contributed by atoms with E-state index < -0.39 is 5.60 Å². The zero-order chi connectivity index (χ0) is 24.8. The normalized spacial score (nSPS) is 16.8. The lowest BCUT2D eigenvalue weighted by Crippen LogP contribution is -2.64. The highest BCUT2D eigenvalue weighted by molar-refractivity contribution is 5.72. The molecule has 2 fully saturated rings. The average molecular weight is 473 g/mol. The molecular formula is C26H28N6O3. The number of rotatable bonds is 4. The maximum Gasteiger partial charge on any atom is 0.410 e. The van der Waals surface area contributed by atoms with Crippen LogP contribution in [0.5, 0.6) is 11.6 Å². The van der Waals surface area contributed by atoms with E-state index in [-0.39, 0.29) is 17.6 Å². The highest BCUT2D eigenvalue weighted by Crippen LogP contribution is 2.55. The summed E-state index contributed by atoms with van der Waals surface area (Å²) in [6.07, 6.45) is 3.07. The van der Waals surface area contributed by atoms with Crippen LogP contribution in [0.3, 0.4) is 0 Å². The first-order chi connectivity index (χ1) is 16.7. The number of hydrogen-bond donors (Lipinski definition) is 1. The van der Waals surface area contributed by atoms with Crippen molar-refractivity contribution in [1.82, 2.24) is 19.7 Å². The van der Waals surface area contributed by atoms with Gasteiger partial charge in [0.1, 0.15) is 34.5 Å². The van der Waals surface area contributed by atoms with Gasteiger partial charge in [-0.2, -0.15) is 10.4 Å². The van der Waals surface area contributed by atoms with Crippen LogP contribution < -0.4 is 10.5 Å². The number of aromatic nitrogens is 3. The molecule has 5 rings (SSSR count). The number of anilines is 1. The molecule has 1 aromatic carbocycles. The summed E-state index contributed by atoms with van der Waals surface area (Å²) in [7, 11) is 0. The van der Waals surface area contributed by atoms with Crippen molar-refractivity contribution in [1.29, 1.82) is 5.26 Å². The Bertz CT molecular complexity index is 1270. The number of carbonyl (C=O) groups is 1. The predicted molar refractivity (Wildman–Crippen MR) is 130 cm³/mol. The van der Waals surface area contributed by atoms with Gasteiger partial charge in [0, 0.05) is 36.3 Å². The second-order valence-corrected chi connectivity index (χ2v) is 10.4. The van der Waals surface area contributed by atoms with Gasteiger partial charge in [-0.05, 0) is 51.8 Å². The second-order valence-electron chi connectivity index (χ2n) is 10.4. The molecule has 1 aliphatic carbocycles. The molecule has 1 saturated carbocycles. The number of amides is 1. The molecule has 1 amide bonds. The summed E-state index contributed by atoms with van der Waals surface area (Å²) >= 11 is 0. The van der Waals surface area contributed by atoms with Crippen LogP contribution in [0.15, 0.2) is 48.7 Å². The molecule has 0 bridgehead atoms. The van der Waals surface area contributed by atoms with Crippen LogP contribution in [-0.4, -0.2) is 44.4 Å². The quantitative estimate of drug-likeness (QED) is 0.581. The van der Waals surface area contributed by atoms with Gasteiger partial charge in [0.25, 0.3) is 0 Å². The highest BCUT2D eigenvalue weighted by atomic mass is 16.6. The Balaban J connectivity index is 1.26. The molecule has 2 aromatic heterocycles. The molecule has 0 radical (unpaired) electrons. The van der Waals surface area contributed by atoms with Crippen LogP contribution in [0, 0.1) is 16.7 Å². The van der Waals surface area contributed by atoms with Crippen molar-refractivity contribution in [2.24, 2.45) is 5.41 Å². The number of likely N-dealkylation sites (tertiary alicyclic amines) is 1. The Morgan fingerprint density at radius 1 is 1.17 bits per heavy atom. The smallest absolute Gasteiger partial charge is 0.410 e. The van der Waals surface area contributed by atoms with Crippen LogP contribution in [0.4, 0.5) is 10.6 Å². The van der Waals surface area contributed by atoms with Crippen molar-refractivity contribution < 1.29 is 14.3 Å². The highest BCUT2D eigenvalue weighted by Gasteiger charge is 2.55. The molecule has 0 unspecified atom stereocenters. The number of benzene rings is 1. The third-order valence-corrected chi connectivity index (χ3v) is 6.42. The zero-order valence-corrected chi connectivity index (χ0v) is 20.1. The van der Waals surface area contributed by atoms with Gasteiger partial charge < -0.3 is 20.1 Å². The Kier molecular flexibility index (Phi) is 5.39. The van der Waals surface area contributed by atoms with Gasteiger partial charge in [-0.3, -0.25) is 0 Å². The summed E-state index contributed by atoms with van der Waals surface area (Å²) in [5, 5.41) is 14.5. The molecule has 9 nitrogen and oxygen atoms in total.